The lowest BCUT2D eigenvalue weighted by atomic mass is 10.4. The highest BCUT2D eigenvalue weighted by atomic mass is 16.4. The minimum absolute atomic E-state index is 0.239. The van der Waals surface area contributed by atoms with Gasteiger partial charge in [0.25, 0.3) is 0 Å². The molecule has 0 unspecified atom stereocenters. The van der Waals surface area contributed by atoms with Crippen molar-refractivity contribution in [3.63, 3.8) is 0 Å². The van der Waals surface area contributed by atoms with Gasteiger partial charge < -0.3 is 13.8 Å². The maximum absolute atomic E-state index is 11.1. The fourth-order valence-electron chi connectivity index (χ4n) is 1.00. The Morgan fingerprint density at radius 1 is 1.54 bits per heavy atom. The summed E-state index contributed by atoms with van der Waals surface area (Å²) in [4.78, 5) is 13.7. The molecule has 0 aromatic carbocycles. The number of hydrogen-bond acceptors (Lipinski definition) is 3. The zero-order chi connectivity index (χ0) is 9.26. The van der Waals surface area contributed by atoms with Crippen molar-refractivity contribution in [1.29, 1.82) is 0 Å². The van der Waals surface area contributed by atoms with E-state index in [9.17, 15) is 4.79 Å². The maximum Gasteiger partial charge on any atom is 0.361 e. The van der Waals surface area contributed by atoms with Crippen LogP contribution in [0.2, 0.25) is 0 Å². The van der Waals surface area contributed by atoms with Crippen molar-refractivity contribution in [1.82, 2.24) is 4.98 Å². The van der Waals surface area contributed by atoms with Gasteiger partial charge in [-0.05, 0) is 18.7 Å². The van der Waals surface area contributed by atoms with Crippen LogP contribution in [-0.2, 0) is 0 Å². The standard InChI is InChI=1S/C9H7NO3/c1-6-10-8(9(11)13-6)5-7-3-2-4-12-7/h2-5,10H,1H2. The second kappa shape index (κ2) is 2.82. The zero-order valence-corrected chi connectivity index (χ0v) is 6.74. The Labute approximate surface area is 72.8 Å². The summed E-state index contributed by atoms with van der Waals surface area (Å²) in [5, 5.41) is 0.333. The lowest BCUT2D eigenvalue weighted by Crippen LogP contribution is -2.20. The van der Waals surface area contributed by atoms with Gasteiger partial charge in [-0.3, -0.25) is 0 Å². The van der Waals surface area contributed by atoms with Gasteiger partial charge in [0.2, 0.25) is 0 Å². The largest absolute Gasteiger partial charge is 0.465 e. The average molecular weight is 177 g/mol. The molecular formula is C9H7NO3. The van der Waals surface area contributed by atoms with Gasteiger partial charge in [-0.25, -0.2) is 4.79 Å². The Morgan fingerprint density at radius 2 is 2.38 bits per heavy atom. The first-order valence-corrected chi connectivity index (χ1v) is 3.69. The van der Waals surface area contributed by atoms with Crippen LogP contribution in [0.3, 0.4) is 0 Å². The van der Waals surface area contributed by atoms with Crippen LogP contribution in [0.4, 0.5) is 0 Å². The molecule has 4 heteroatoms. The molecule has 0 aliphatic carbocycles. The second-order valence-corrected chi connectivity index (χ2v) is 2.51. The Bertz CT molecular complexity index is 544. The van der Waals surface area contributed by atoms with Crippen LogP contribution in [0.1, 0.15) is 5.76 Å². The highest BCUT2D eigenvalue weighted by Gasteiger charge is 1.95. The first-order valence-electron chi connectivity index (χ1n) is 3.69. The van der Waals surface area contributed by atoms with E-state index in [1.165, 1.54) is 6.26 Å². The summed E-state index contributed by atoms with van der Waals surface area (Å²) in [6.45, 7) is 3.46. The van der Waals surface area contributed by atoms with E-state index in [0.717, 1.165) is 0 Å². The summed E-state index contributed by atoms with van der Waals surface area (Å²) >= 11 is 0. The summed E-state index contributed by atoms with van der Waals surface area (Å²) < 4.78 is 9.69. The van der Waals surface area contributed by atoms with Gasteiger partial charge in [0, 0.05) is 6.08 Å². The van der Waals surface area contributed by atoms with E-state index in [4.69, 9.17) is 4.42 Å². The molecule has 0 fully saturated rings. The van der Waals surface area contributed by atoms with E-state index in [0.29, 0.717) is 11.1 Å². The molecule has 2 aromatic heterocycles. The van der Waals surface area contributed by atoms with Crippen molar-refractivity contribution in [2.75, 3.05) is 0 Å². The van der Waals surface area contributed by atoms with Crippen molar-refractivity contribution in [3.8, 4) is 0 Å². The van der Waals surface area contributed by atoms with Crippen molar-refractivity contribution < 1.29 is 8.83 Å². The minimum atomic E-state index is -0.443. The van der Waals surface area contributed by atoms with Crippen LogP contribution < -0.4 is 16.5 Å². The van der Waals surface area contributed by atoms with Gasteiger partial charge in [-0.1, -0.05) is 0 Å². The number of hydrogen-bond donors (Lipinski definition) is 1. The number of nitrogens with one attached hydrogen (secondary N) is 1. The number of rotatable bonds is 1. The van der Waals surface area contributed by atoms with Crippen molar-refractivity contribution in [2.24, 2.45) is 0 Å². The molecule has 66 valence electrons. The van der Waals surface area contributed by atoms with Crippen LogP contribution in [-0.4, -0.2) is 4.98 Å². The molecule has 1 N–H and O–H groups in total. The van der Waals surface area contributed by atoms with Gasteiger partial charge in [0.15, 0.2) is 5.55 Å². The second-order valence-electron chi connectivity index (χ2n) is 2.51. The predicted octanol–water partition coefficient (Wildman–Crippen LogP) is -0.200. The molecule has 13 heavy (non-hydrogen) atoms. The maximum atomic E-state index is 11.1. The summed E-state index contributed by atoms with van der Waals surface area (Å²) in [7, 11) is 0. The first kappa shape index (κ1) is 7.67. The molecule has 2 aromatic rings. The Balaban J connectivity index is 2.64. The summed E-state index contributed by atoms with van der Waals surface area (Å²) in [6, 6.07) is 3.48. The molecule has 0 saturated heterocycles. The van der Waals surface area contributed by atoms with Crippen molar-refractivity contribution >= 4 is 12.7 Å². The molecule has 0 bridgehead atoms. The third-order valence-corrected chi connectivity index (χ3v) is 1.54. The zero-order valence-electron chi connectivity index (χ0n) is 6.74. The monoisotopic (exact) mass is 177 g/mol. The third kappa shape index (κ3) is 1.46. The Kier molecular flexibility index (Phi) is 1.66. The van der Waals surface area contributed by atoms with E-state index < -0.39 is 5.63 Å². The Hall–Kier alpha value is -1.97. The molecule has 0 aliphatic heterocycles. The number of H-pyrrole nitrogens is 1. The highest BCUT2D eigenvalue weighted by molar-refractivity contribution is 5.40. The van der Waals surface area contributed by atoms with E-state index >= 15 is 0 Å². The molecule has 0 saturated carbocycles. The number of oxazole rings is 1. The van der Waals surface area contributed by atoms with E-state index in [1.807, 2.05) is 0 Å². The lowest BCUT2D eigenvalue weighted by molar-refractivity contribution is 0.488. The Morgan fingerprint density at radius 3 is 2.92 bits per heavy atom. The highest BCUT2D eigenvalue weighted by Crippen LogP contribution is 1.98. The van der Waals surface area contributed by atoms with Gasteiger partial charge in [-0.2, -0.15) is 0 Å². The van der Waals surface area contributed by atoms with Crippen LogP contribution >= 0.6 is 0 Å². The van der Waals surface area contributed by atoms with Crippen LogP contribution in [0.25, 0.3) is 12.7 Å². The normalized spacial score (nSPS) is 12.2. The summed E-state index contributed by atoms with van der Waals surface area (Å²) in [6.07, 6.45) is 3.09. The lowest BCUT2D eigenvalue weighted by Gasteiger charge is -1.77. The molecule has 0 aliphatic rings. The van der Waals surface area contributed by atoms with Crippen molar-refractivity contribution in [3.05, 3.63) is 45.5 Å². The van der Waals surface area contributed by atoms with Gasteiger partial charge in [0.05, 0.1) is 6.26 Å². The number of furan rings is 1. The van der Waals surface area contributed by atoms with Crippen LogP contribution in [0.5, 0.6) is 0 Å². The summed E-state index contributed by atoms with van der Waals surface area (Å²) in [5.41, 5.74) is -0.204. The summed E-state index contributed by atoms with van der Waals surface area (Å²) in [5.74, 6) is 0.592. The van der Waals surface area contributed by atoms with Crippen LogP contribution in [0, 0.1) is 0 Å². The molecule has 2 rings (SSSR count). The topological polar surface area (TPSA) is 59.1 Å². The molecule has 0 spiro atoms. The third-order valence-electron chi connectivity index (χ3n) is 1.54. The molecule has 4 nitrogen and oxygen atoms in total. The number of aromatic amines is 1. The molecule has 0 radical (unpaired) electrons. The van der Waals surface area contributed by atoms with Gasteiger partial charge in [-0.15, -0.1) is 0 Å². The van der Waals surface area contributed by atoms with E-state index in [1.54, 1.807) is 18.2 Å². The smallest absolute Gasteiger partial charge is 0.361 e. The van der Waals surface area contributed by atoms with E-state index in [-0.39, 0.29) is 5.55 Å². The minimum Gasteiger partial charge on any atom is -0.465 e. The molecular weight excluding hydrogens is 170 g/mol. The quantitative estimate of drug-likeness (QED) is 0.656. The first-order chi connectivity index (χ1) is 6.25. The number of aromatic nitrogens is 1. The average Bonchev–Trinajstić information content (AvgIpc) is 2.63. The van der Waals surface area contributed by atoms with Crippen LogP contribution in [0.15, 0.2) is 32.0 Å². The van der Waals surface area contributed by atoms with Gasteiger partial charge in [0.1, 0.15) is 11.1 Å². The molecule has 0 amide bonds. The fraction of sp³-hybridized carbons (Fsp3) is 0. The molecule has 0 atom stereocenters. The fourth-order valence-corrected chi connectivity index (χ4v) is 1.00. The van der Waals surface area contributed by atoms with E-state index in [2.05, 4.69) is 16.0 Å². The SMILES string of the molecule is C=c1[nH]c(=Cc2ccco2)c(=O)o1. The van der Waals surface area contributed by atoms with Gasteiger partial charge >= 0.3 is 5.63 Å². The molecule has 2 heterocycles. The van der Waals surface area contributed by atoms with Crippen molar-refractivity contribution in [2.45, 2.75) is 0 Å². The predicted molar refractivity (Wildman–Crippen MR) is 46.4 cm³/mol.